The molecule has 3 aromatic carbocycles. The molecule has 1 saturated heterocycles. The Balaban J connectivity index is 1.49. The molecule has 3 aliphatic rings. The van der Waals surface area contributed by atoms with Crippen LogP contribution < -0.4 is 10.3 Å². The van der Waals surface area contributed by atoms with E-state index in [1.54, 1.807) is 29.2 Å². The van der Waals surface area contributed by atoms with Gasteiger partial charge in [-0.25, -0.2) is 0 Å². The number of hydrogen-bond acceptors (Lipinski definition) is 5. The highest BCUT2D eigenvalue weighted by Crippen LogP contribution is 2.53. The highest BCUT2D eigenvalue weighted by molar-refractivity contribution is 6.17. The van der Waals surface area contributed by atoms with Gasteiger partial charge in [0, 0.05) is 18.7 Å². The zero-order valence-electron chi connectivity index (χ0n) is 21.0. The van der Waals surface area contributed by atoms with Gasteiger partial charge < -0.3 is 19.0 Å². The monoisotopic (exact) mass is 506 g/mol. The van der Waals surface area contributed by atoms with Crippen LogP contribution in [0, 0.1) is 6.92 Å². The Morgan fingerprint density at radius 1 is 0.974 bits per heavy atom. The first kappa shape index (κ1) is 22.9. The third kappa shape index (κ3) is 3.08. The van der Waals surface area contributed by atoms with E-state index in [9.17, 15) is 14.4 Å². The summed E-state index contributed by atoms with van der Waals surface area (Å²) in [5, 5.41) is 0.347. The van der Waals surface area contributed by atoms with Crippen LogP contribution >= 0.6 is 0 Å². The minimum Gasteiger partial charge on any atom is -0.450 e. The lowest BCUT2D eigenvalue weighted by atomic mass is 9.83. The van der Waals surface area contributed by atoms with Gasteiger partial charge in [0.2, 0.25) is 5.76 Å². The number of ether oxygens (including phenoxy) is 1. The molecule has 0 radical (unpaired) electrons. The molecule has 0 saturated carbocycles. The fraction of sp³-hybridized carbons (Fsp3) is 0.258. The number of amides is 2. The van der Waals surface area contributed by atoms with Crippen molar-refractivity contribution in [3.63, 3.8) is 0 Å². The largest absolute Gasteiger partial charge is 0.450 e. The topological polar surface area (TPSA) is 80.1 Å². The third-order valence-corrected chi connectivity index (χ3v) is 7.98. The molecular formula is C31H26N2O5. The summed E-state index contributed by atoms with van der Waals surface area (Å²) in [6.45, 7) is 3.13. The van der Waals surface area contributed by atoms with Crippen LogP contribution in [0.3, 0.4) is 0 Å². The van der Waals surface area contributed by atoms with Crippen molar-refractivity contribution in [1.82, 2.24) is 4.90 Å². The van der Waals surface area contributed by atoms with Gasteiger partial charge in [-0.15, -0.1) is 0 Å². The summed E-state index contributed by atoms with van der Waals surface area (Å²) in [6, 6.07) is 22.3. The molecule has 0 N–H and O–H groups in total. The maximum Gasteiger partial charge on any atom is 0.291 e. The molecule has 1 aromatic heterocycles. The van der Waals surface area contributed by atoms with Crippen molar-refractivity contribution < 1.29 is 18.7 Å². The second-order valence-electron chi connectivity index (χ2n) is 10.3. The van der Waals surface area contributed by atoms with Crippen molar-refractivity contribution in [1.29, 1.82) is 0 Å². The van der Waals surface area contributed by atoms with Gasteiger partial charge in [-0.05, 0) is 43.5 Å². The first-order valence-corrected chi connectivity index (χ1v) is 13.0. The van der Waals surface area contributed by atoms with Gasteiger partial charge in [0.05, 0.1) is 29.3 Å². The minimum absolute atomic E-state index is 0.0627. The molecule has 7 rings (SSSR count). The number of para-hydroxylation sites is 2. The normalized spacial score (nSPS) is 22.1. The predicted molar refractivity (Wildman–Crippen MR) is 142 cm³/mol. The Kier molecular flexibility index (Phi) is 5.07. The molecule has 2 amide bonds. The molecule has 7 heteroatoms. The Labute approximate surface area is 219 Å². The van der Waals surface area contributed by atoms with Crippen LogP contribution in [0.5, 0.6) is 0 Å². The van der Waals surface area contributed by atoms with Crippen molar-refractivity contribution in [2.45, 2.75) is 38.0 Å². The summed E-state index contributed by atoms with van der Waals surface area (Å²) < 4.78 is 12.0. The number of aryl methyl sites for hydroxylation is 1. The summed E-state index contributed by atoms with van der Waals surface area (Å²) in [5.41, 5.74) is 1.80. The maximum absolute atomic E-state index is 14.8. The molecular weight excluding hydrogens is 480 g/mol. The molecule has 7 nitrogen and oxygen atoms in total. The zero-order valence-corrected chi connectivity index (χ0v) is 21.0. The van der Waals surface area contributed by atoms with E-state index in [0.29, 0.717) is 35.4 Å². The second-order valence-corrected chi connectivity index (χ2v) is 10.3. The zero-order chi connectivity index (χ0) is 26.0. The van der Waals surface area contributed by atoms with Gasteiger partial charge >= 0.3 is 0 Å². The lowest BCUT2D eigenvalue weighted by Crippen LogP contribution is -2.55. The number of carbonyl (C=O) groups excluding carboxylic acids is 2. The average Bonchev–Trinajstić information content (AvgIpc) is 3.59. The molecule has 0 bridgehead atoms. The van der Waals surface area contributed by atoms with E-state index < -0.39 is 11.4 Å². The number of rotatable bonds is 4. The van der Waals surface area contributed by atoms with Crippen LogP contribution in [0.1, 0.15) is 45.7 Å². The van der Waals surface area contributed by atoms with E-state index in [1.165, 1.54) is 4.90 Å². The van der Waals surface area contributed by atoms with Crippen LogP contribution in [0.4, 0.5) is 5.69 Å². The number of anilines is 1. The predicted octanol–water partition coefficient (Wildman–Crippen LogP) is 4.53. The lowest BCUT2D eigenvalue weighted by molar-refractivity contribution is -0.126. The summed E-state index contributed by atoms with van der Waals surface area (Å²) >= 11 is 0. The Morgan fingerprint density at radius 3 is 2.61 bits per heavy atom. The van der Waals surface area contributed by atoms with Crippen LogP contribution in [0.2, 0.25) is 0 Å². The minimum atomic E-state index is -1.62. The van der Waals surface area contributed by atoms with E-state index in [1.807, 2.05) is 55.5 Å². The molecule has 4 heterocycles. The molecule has 4 aromatic rings. The smallest absolute Gasteiger partial charge is 0.291 e. The molecule has 190 valence electrons. The quantitative estimate of drug-likeness (QED) is 0.407. The summed E-state index contributed by atoms with van der Waals surface area (Å²) in [6.07, 6.45) is 1.44. The maximum atomic E-state index is 14.8. The third-order valence-electron chi connectivity index (χ3n) is 7.98. The van der Waals surface area contributed by atoms with E-state index in [0.717, 1.165) is 24.0 Å². The highest BCUT2D eigenvalue weighted by Gasteiger charge is 2.65. The molecule has 0 aliphatic carbocycles. The summed E-state index contributed by atoms with van der Waals surface area (Å²) in [5.74, 6) is -0.848. The molecule has 3 aliphatic heterocycles. The van der Waals surface area contributed by atoms with Gasteiger partial charge in [0.1, 0.15) is 5.58 Å². The highest BCUT2D eigenvalue weighted by atomic mass is 16.5. The van der Waals surface area contributed by atoms with Crippen molar-refractivity contribution in [3.8, 4) is 0 Å². The Bertz CT molecular complexity index is 1690. The number of hydrogen-bond donors (Lipinski definition) is 0. The van der Waals surface area contributed by atoms with Gasteiger partial charge in [-0.2, -0.15) is 0 Å². The first-order chi connectivity index (χ1) is 18.5. The number of benzene rings is 3. The fourth-order valence-corrected chi connectivity index (χ4v) is 6.33. The summed E-state index contributed by atoms with van der Waals surface area (Å²) in [7, 11) is 0. The van der Waals surface area contributed by atoms with Crippen LogP contribution in [-0.2, 0) is 21.6 Å². The van der Waals surface area contributed by atoms with Crippen LogP contribution in [-0.4, -0.2) is 36.0 Å². The van der Waals surface area contributed by atoms with E-state index in [-0.39, 0.29) is 35.3 Å². The van der Waals surface area contributed by atoms with Crippen molar-refractivity contribution in [2.24, 2.45) is 0 Å². The van der Waals surface area contributed by atoms with E-state index >= 15 is 0 Å². The summed E-state index contributed by atoms with van der Waals surface area (Å²) in [4.78, 5) is 46.2. The Hall–Kier alpha value is -4.23. The molecule has 38 heavy (non-hydrogen) atoms. The SMILES string of the molecule is Cc1cccc(CN2C(=O)C3(c4ccccc42)c2c(oc4ccccc4c2=O)C(=O)N3CC2CCCO2)c1. The number of fused-ring (bicyclic) bond motifs is 5. The molecule has 1 spiro atoms. The van der Waals surface area contributed by atoms with E-state index in [4.69, 9.17) is 9.15 Å². The average molecular weight is 507 g/mol. The van der Waals surface area contributed by atoms with Crippen molar-refractivity contribution in [3.05, 3.63) is 111 Å². The van der Waals surface area contributed by atoms with Gasteiger partial charge in [0.25, 0.3) is 11.8 Å². The van der Waals surface area contributed by atoms with Crippen molar-refractivity contribution in [2.75, 3.05) is 18.1 Å². The second kappa shape index (κ2) is 8.39. The fourth-order valence-electron chi connectivity index (χ4n) is 6.33. The van der Waals surface area contributed by atoms with Crippen molar-refractivity contribution >= 4 is 28.5 Å². The Morgan fingerprint density at radius 2 is 1.79 bits per heavy atom. The molecule has 1 fully saturated rings. The number of nitrogens with zero attached hydrogens (tertiary/aromatic N) is 2. The molecule has 2 atom stereocenters. The van der Waals surface area contributed by atoms with Crippen LogP contribution in [0.15, 0.2) is 82.0 Å². The standard InChI is InChI=1S/C31H26N2O5/c1-19-8-6-9-20(16-19)17-32-24-13-4-3-12-23(24)31(30(32)36)26-27(34)22-11-2-5-14-25(22)38-28(26)29(35)33(31)18-21-10-7-15-37-21/h2-6,8-9,11-14,16,21H,7,10,15,17-18H2,1H3. The number of carbonyl (C=O) groups is 2. The van der Waals surface area contributed by atoms with Gasteiger partial charge in [-0.1, -0.05) is 60.2 Å². The van der Waals surface area contributed by atoms with Crippen LogP contribution in [0.25, 0.3) is 11.0 Å². The molecule has 2 unspecified atom stereocenters. The van der Waals surface area contributed by atoms with E-state index in [2.05, 4.69) is 0 Å². The first-order valence-electron chi connectivity index (χ1n) is 13.0. The van der Waals surface area contributed by atoms with Gasteiger partial charge in [-0.3, -0.25) is 14.4 Å². The van der Waals surface area contributed by atoms with Gasteiger partial charge in [0.15, 0.2) is 11.0 Å². The lowest BCUT2D eigenvalue weighted by Gasteiger charge is -2.35.